The van der Waals surface area contributed by atoms with Gasteiger partial charge < -0.3 is 5.11 Å². The summed E-state index contributed by atoms with van der Waals surface area (Å²) in [6.07, 6.45) is 6.83. The van der Waals surface area contributed by atoms with E-state index < -0.39 is 4.92 Å². The normalized spacial score (nSPS) is 18.7. The fraction of sp³-hybridized carbons (Fsp3) is 0.353. The third-order valence-corrected chi connectivity index (χ3v) is 4.32. The van der Waals surface area contributed by atoms with E-state index in [1.165, 1.54) is 18.2 Å². The van der Waals surface area contributed by atoms with Gasteiger partial charge in [-0.25, -0.2) is 0 Å². The number of nitrogens with zero attached hydrogens (tertiary/aromatic N) is 3. The lowest BCUT2D eigenvalue weighted by Crippen LogP contribution is -2.33. The van der Waals surface area contributed by atoms with Crippen LogP contribution in [0.5, 0.6) is 5.75 Å². The Labute approximate surface area is 134 Å². The number of hydrogen-bond acceptors (Lipinski definition) is 5. The lowest BCUT2D eigenvalue weighted by molar-refractivity contribution is -0.385. The molecule has 0 spiro atoms. The summed E-state index contributed by atoms with van der Waals surface area (Å²) in [4.78, 5) is 17.3. The minimum absolute atomic E-state index is 0.0540. The third kappa shape index (κ3) is 3.48. The summed E-state index contributed by atoms with van der Waals surface area (Å²) in [7, 11) is 0. The number of aromatic hydroxyl groups is 1. The number of benzene rings is 1. The molecule has 0 bridgehead atoms. The van der Waals surface area contributed by atoms with E-state index >= 15 is 0 Å². The summed E-state index contributed by atoms with van der Waals surface area (Å²) >= 11 is 0. The predicted molar refractivity (Wildman–Crippen MR) is 86.0 cm³/mol. The van der Waals surface area contributed by atoms with Crippen LogP contribution in [0, 0.1) is 10.1 Å². The zero-order chi connectivity index (χ0) is 16.2. The van der Waals surface area contributed by atoms with Crippen molar-refractivity contribution in [3.05, 3.63) is 64.0 Å². The molecule has 6 heteroatoms. The molecule has 0 aliphatic carbocycles. The maximum Gasteiger partial charge on any atom is 0.274 e. The Morgan fingerprint density at radius 3 is 2.96 bits per heavy atom. The molecule has 3 rings (SSSR count). The molecule has 23 heavy (non-hydrogen) atoms. The van der Waals surface area contributed by atoms with E-state index in [1.807, 2.05) is 18.3 Å². The average Bonchev–Trinajstić information content (AvgIpc) is 2.56. The minimum Gasteiger partial charge on any atom is -0.508 e. The predicted octanol–water partition coefficient (Wildman–Crippen LogP) is 3.42. The number of aromatic nitrogens is 1. The standard InChI is InChI=1S/C17H19N3O3/c21-15-6-7-17(20(22)23)14(10-15)12-19-9-2-1-5-16(19)13-4-3-8-18-11-13/h3-4,6-8,10-11,16,21H,1-2,5,9,12H2/t16-/m1/s1. The van der Waals surface area contributed by atoms with Crippen molar-refractivity contribution in [2.75, 3.05) is 6.54 Å². The van der Waals surface area contributed by atoms with Gasteiger partial charge in [0.2, 0.25) is 0 Å². The van der Waals surface area contributed by atoms with Crippen LogP contribution in [0.4, 0.5) is 5.69 Å². The van der Waals surface area contributed by atoms with Gasteiger partial charge in [0.1, 0.15) is 5.75 Å². The molecule has 120 valence electrons. The van der Waals surface area contributed by atoms with Crippen LogP contribution in [0.3, 0.4) is 0 Å². The van der Waals surface area contributed by atoms with Crippen LogP contribution in [0.2, 0.25) is 0 Å². The molecule has 1 saturated heterocycles. The molecule has 1 aliphatic heterocycles. The summed E-state index contributed by atoms with van der Waals surface area (Å²) < 4.78 is 0. The van der Waals surface area contributed by atoms with Crippen molar-refractivity contribution in [1.82, 2.24) is 9.88 Å². The van der Waals surface area contributed by atoms with E-state index in [0.717, 1.165) is 31.4 Å². The fourth-order valence-corrected chi connectivity index (χ4v) is 3.23. The number of likely N-dealkylation sites (tertiary alicyclic amines) is 1. The van der Waals surface area contributed by atoms with E-state index in [0.29, 0.717) is 12.1 Å². The Balaban J connectivity index is 1.88. The second-order valence-corrected chi connectivity index (χ2v) is 5.84. The Kier molecular flexibility index (Phi) is 4.52. The van der Waals surface area contributed by atoms with E-state index in [1.54, 1.807) is 6.20 Å². The van der Waals surface area contributed by atoms with Gasteiger partial charge in [0.05, 0.1) is 4.92 Å². The molecule has 1 N–H and O–H groups in total. The molecule has 2 aromatic rings. The molecule has 0 unspecified atom stereocenters. The molecular formula is C17H19N3O3. The highest BCUT2D eigenvalue weighted by Gasteiger charge is 2.26. The number of hydrogen-bond donors (Lipinski definition) is 1. The number of rotatable bonds is 4. The smallest absolute Gasteiger partial charge is 0.274 e. The van der Waals surface area contributed by atoms with Gasteiger partial charge >= 0.3 is 0 Å². The van der Waals surface area contributed by atoms with Crippen molar-refractivity contribution >= 4 is 5.69 Å². The largest absolute Gasteiger partial charge is 0.508 e. The molecule has 0 amide bonds. The summed E-state index contributed by atoms with van der Waals surface area (Å²) in [5, 5.41) is 20.9. The van der Waals surface area contributed by atoms with E-state index in [4.69, 9.17) is 0 Å². The van der Waals surface area contributed by atoms with Gasteiger partial charge in [0.15, 0.2) is 0 Å². The fourth-order valence-electron chi connectivity index (χ4n) is 3.23. The van der Waals surface area contributed by atoms with Gasteiger partial charge in [-0.1, -0.05) is 12.5 Å². The number of pyridine rings is 1. The second kappa shape index (κ2) is 6.75. The molecule has 1 atom stereocenters. The molecule has 1 aromatic heterocycles. The van der Waals surface area contributed by atoms with Gasteiger partial charge in [-0.05, 0) is 43.1 Å². The van der Waals surface area contributed by atoms with Crippen LogP contribution < -0.4 is 0 Å². The van der Waals surface area contributed by atoms with Gasteiger partial charge in [0, 0.05) is 36.6 Å². The van der Waals surface area contributed by atoms with Crippen molar-refractivity contribution in [3.8, 4) is 5.75 Å². The Morgan fingerprint density at radius 1 is 1.35 bits per heavy atom. The molecule has 1 fully saturated rings. The zero-order valence-electron chi connectivity index (χ0n) is 12.8. The van der Waals surface area contributed by atoms with Crippen LogP contribution in [-0.2, 0) is 6.54 Å². The van der Waals surface area contributed by atoms with E-state index in [-0.39, 0.29) is 17.5 Å². The summed E-state index contributed by atoms with van der Waals surface area (Å²) in [5.41, 5.74) is 1.74. The SMILES string of the molecule is O=[N+]([O-])c1ccc(O)cc1CN1CCCC[C@@H]1c1cccnc1. The Bertz CT molecular complexity index is 691. The first-order valence-electron chi connectivity index (χ1n) is 7.75. The first-order chi connectivity index (χ1) is 11.1. The quantitative estimate of drug-likeness (QED) is 0.691. The minimum atomic E-state index is -0.391. The monoisotopic (exact) mass is 313 g/mol. The molecule has 6 nitrogen and oxygen atoms in total. The highest BCUT2D eigenvalue weighted by molar-refractivity contribution is 5.44. The molecular weight excluding hydrogens is 294 g/mol. The van der Waals surface area contributed by atoms with Gasteiger partial charge in [-0.2, -0.15) is 0 Å². The van der Waals surface area contributed by atoms with Crippen LogP contribution in [0.1, 0.15) is 36.4 Å². The number of nitro benzene ring substituents is 1. The number of phenolic OH excluding ortho intramolecular Hbond substituents is 1. The van der Waals surface area contributed by atoms with E-state index in [2.05, 4.69) is 9.88 Å². The van der Waals surface area contributed by atoms with Crippen LogP contribution in [-0.4, -0.2) is 26.5 Å². The maximum atomic E-state index is 11.2. The first-order valence-corrected chi connectivity index (χ1v) is 7.75. The van der Waals surface area contributed by atoms with Gasteiger partial charge in [-0.15, -0.1) is 0 Å². The highest BCUT2D eigenvalue weighted by Crippen LogP contribution is 2.34. The van der Waals surface area contributed by atoms with Crippen molar-refractivity contribution in [2.24, 2.45) is 0 Å². The Hall–Kier alpha value is -2.47. The highest BCUT2D eigenvalue weighted by atomic mass is 16.6. The number of nitro groups is 1. The maximum absolute atomic E-state index is 11.2. The molecule has 0 radical (unpaired) electrons. The van der Waals surface area contributed by atoms with Crippen LogP contribution >= 0.6 is 0 Å². The second-order valence-electron chi connectivity index (χ2n) is 5.84. The topological polar surface area (TPSA) is 79.5 Å². The molecule has 1 aliphatic rings. The van der Waals surface area contributed by atoms with Gasteiger partial charge in [-0.3, -0.25) is 20.0 Å². The molecule has 1 aromatic carbocycles. The van der Waals surface area contributed by atoms with Crippen molar-refractivity contribution in [3.63, 3.8) is 0 Å². The van der Waals surface area contributed by atoms with Crippen molar-refractivity contribution < 1.29 is 10.0 Å². The van der Waals surface area contributed by atoms with Crippen LogP contribution in [0.25, 0.3) is 0 Å². The zero-order valence-corrected chi connectivity index (χ0v) is 12.8. The van der Waals surface area contributed by atoms with E-state index in [9.17, 15) is 15.2 Å². The molecule has 2 heterocycles. The summed E-state index contributed by atoms with van der Waals surface area (Å²) in [5.74, 6) is 0.0561. The summed E-state index contributed by atoms with van der Waals surface area (Å²) in [6.45, 7) is 1.33. The Morgan fingerprint density at radius 2 is 2.22 bits per heavy atom. The third-order valence-electron chi connectivity index (χ3n) is 4.32. The average molecular weight is 313 g/mol. The van der Waals surface area contributed by atoms with Crippen LogP contribution in [0.15, 0.2) is 42.7 Å². The number of phenols is 1. The molecule has 0 saturated carbocycles. The lowest BCUT2D eigenvalue weighted by Gasteiger charge is -2.35. The number of piperidine rings is 1. The lowest BCUT2D eigenvalue weighted by atomic mass is 9.95. The van der Waals surface area contributed by atoms with Crippen molar-refractivity contribution in [2.45, 2.75) is 31.8 Å². The first kappa shape index (κ1) is 15.4. The van der Waals surface area contributed by atoms with Gasteiger partial charge in [0.25, 0.3) is 5.69 Å². The van der Waals surface area contributed by atoms with Crippen molar-refractivity contribution in [1.29, 1.82) is 0 Å². The summed E-state index contributed by atoms with van der Waals surface area (Å²) in [6, 6.07) is 8.39.